The number of thioether (sulfide) groups is 1. The summed E-state index contributed by atoms with van der Waals surface area (Å²) < 4.78 is 13.4. The normalized spacial score (nSPS) is 10.4. The Labute approximate surface area is 131 Å². The Hall–Kier alpha value is -1.72. The summed E-state index contributed by atoms with van der Waals surface area (Å²) in [5, 5.41) is 3.17. The maximum atomic E-state index is 13.4. The molecule has 2 aromatic rings. The number of nitrogens with two attached hydrogens (primary N) is 1. The van der Waals surface area contributed by atoms with Crippen molar-refractivity contribution in [1.82, 2.24) is 0 Å². The Kier molecular flexibility index (Phi) is 5.47. The van der Waals surface area contributed by atoms with Crippen molar-refractivity contribution in [2.24, 2.45) is 0 Å². The lowest BCUT2D eigenvalue weighted by molar-refractivity contribution is -0.115. The average Bonchev–Trinajstić information content (AvgIpc) is 2.45. The lowest BCUT2D eigenvalue weighted by Gasteiger charge is -2.07. The quantitative estimate of drug-likeness (QED) is 0.640. The fourth-order valence-electron chi connectivity index (χ4n) is 1.66. The van der Waals surface area contributed by atoms with E-state index in [9.17, 15) is 9.18 Å². The minimum Gasteiger partial charge on any atom is -0.397 e. The van der Waals surface area contributed by atoms with Gasteiger partial charge in [0.1, 0.15) is 5.82 Å². The van der Waals surface area contributed by atoms with Gasteiger partial charge in [-0.3, -0.25) is 4.79 Å². The fourth-order valence-corrected chi connectivity index (χ4v) is 2.67. The molecule has 0 atom stereocenters. The van der Waals surface area contributed by atoms with Crippen LogP contribution in [0.25, 0.3) is 0 Å². The molecule has 0 aliphatic carbocycles. The zero-order chi connectivity index (χ0) is 15.2. The number of nitrogens with one attached hydrogen (secondary N) is 1. The average molecular weight is 325 g/mol. The monoisotopic (exact) mass is 324 g/mol. The molecule has 21 heavy (non-hydrogen) atoms. The van der Waals surface area contributed by atoms with Crippen LogP contribution in [0.4, 0.5) is 15.8 Å². The molecule has 3 nitrogen and oxygen atoms in total. The second kappa shape index (κ2) is 7.33. The van der Waals surface area contributed by atoms with Gasteiger partial charge in [0.05, 0.1) is 10.7 Å². The maximum absolute atomic E-state index is 13.4. The molecule has 0 saturated heterocycles. The van der Waals surface area contributed by atoms with E-state index in [1.807, 2.05) is 0 Å². The zero-order valence-electron chi connectivity index (χ0n) is 11.1. The Morgan fingerprint density at radius 2 is 2.05 bits per heavy atom. The molecular formula is C15H14ClFN2OS. The van der Waals surface area contributed by atoms with E-state index in [4.69, 9.17) is 17.3 Å². The summed E-state index contributed by atoms with van der Waals surface area (Å²) in [6, 6.07) is 11.4. The molecule has 2 rings (SSSR count). The molecule has 0 saturated carbocycles. The van der Waals surface area contributed by atoms with E-state index in [-0.39, 0.29) is 18.1 Å². The molecule has 1 amide bonds. The molecule has 0 radical (unpaired) electrons. The van der Waals surface area contributed by atoms with Crippen LogP contribution in [0.3, 0.4) is 0 Å². The van der Waals surface area contributed by atoms with Gasteiger partial charge in [-0.1, -0.05) is 23.7 Å². The number of halogens is 2. The van der Waals surface area contributed by atoms with Gasteiger partial charge in [-0.25, -0.2) is 4.39 Å². The minimum absolute atomic E-state index is 0.152. The maximum Gasteiger partial charge on any atom is 0.225 e. The smallest absolute Gasteiger partial charge is 0.225 e. The number of hydrogen-bond acceptors (Lipinski definition) is 3. The molecule has 110 valence electrons. The topological polar surface area (TPSA) is 55.1 Å². The van der Waals surface area contributed by atoms with Crippen LogP contribution < -0.4 is 11.1 Å². The number of hydrogen-bond donors (Lipinski definition) is 2. The third kappa shape index (κ3) is 4.65. The summed E-state index contributed by atoms with van der Waals surface area (Å²) in [6.45, 7) is 0. The van der Waals surface area contributed by atoms with Crippen LogP contribution in [0.2, 0.25) is 5.02 Å². The van der Waals surface area contributed by atoms with Crippen molar-refractivity contribution in [2.75, 3.05) is 16.8 Å². The molecule has 0 fully saturated rings. The Bertz CT molecular complexity index is 651. The van der Waals surface area contributed by atoms with Crippen molar-refractivity contribution in [3.8, 4) is 0 Å². The summed E-state index contributed by atoms with van der Waals surface area (Å²) in [7, 11) is 0. The highest BCUT2D eigenvalue weighted by Gasteiger charge is 2.06. The molecule has 0 aliphatic heterocycles. The van der Waals surface area contributed by atoms with Crippen molar-refractivity contribution in [3.05, 3.63) is 53.3 Å². The Morgan fingerprint density at radius 1 is 1.29 bits per heavy atom. The van der Waals surface area contributed by atoms with Gasteiger partial charge in [0.25, 0.3) is 0 Å². The van der Waals surface area contributed by atoms with Crippen LogP contribution in [0, 0.1) is 5.82 Å². The highest BCUT2D eigenvalue weighted by atomic mass is 35.5. The number of amides is 1. The molecular weight excluding hydrogens is 311 g/mol. The summed E-state index contributed by atoms with van der Waals surface area (Å²) in [4.78, 5) is 12.3. The van der Waals surface area contributed by atoms with Gasteiger partial charge in [0, 0.05) is 22.8 Å². The Morgan fingerprint density at radius 3 is 2.76 bits per heavy atom. The van der Waals surface area contributed by atoms with Crippen molar-refractivity contribution in [1.29, 1.82) is 0 Å². The summed E-state index contributed by atoms with van der Waals surface area (Å²) in [5.41, 5.74) is 6.67. The largest absolute Gasteiger partial charge is 0.397 e. The molecule has 2 aromatic carbocycles. The Balaban J connectivity index is 1.82. The van der Waals surface area contributed by atoms with Gasteiger partial charge < -0.3 is 11.1 Å². The molecule has 0 unspecified atom stereocenters. The standard InChI is InChI=1S/C15H14ClFN2OS/c16-11-6-5-10(9-13(11)18)19-15(20)7-8-21-14-4-2-1-3-12(14)17/h1-6,9H,7-8,18H2,(H,19,20). The number of carbonyl (C=O) groups is 1. The first kappa shape index (κ1) is 15.7. The first-order valence-corrected chi connectivity index (χ1v) is 7.65. The van der Waals surface area contributed by atoms with Crippen molar-refractivity contribution >= 4 is 40.6 Å². The molecule has 0 aliphatic rings. The van der Waals surface area contributed by atoms with Gasteiger partial charge >= 0.3 is 0 Å². The summed E-state index contributed by atoms with van der Waals surface area (Å²) >= 11 is 7.12. The molecule has 0 aromatic heterocycles. The second-order valence-electron chi connectivity index (χ2n) is 4.31. The summed E-state index contributed by atoms with van der Waals surface area (Å²) in [5.74, 6) is 0.0736. The van der Waals surface area contributed by atoms with Gasteiger partial charge in [-0.2, -0.15) is 0 Å². The van der Waals surface area contributed by atoms with Gasteiger partial charge in [0.15, 0.2) is 0 Å². The molecule has 0 heterocycles. The fraction of sp³-hybridized carbons (Fsp3) is 0.133. The lowest BCUT2D eigenvalue weighted by atomic mass is 10.2. The van der Waals surface area contributed by atoms with E-state index < -0.39 is 0 Å². The molecule has 0 spiro atoms. The number of nitrogen functional groups attached to an aromatic ring is 1. The van der Waals surface area contributed by atoms with Crippen LogP contribution in [0.1, 0.15) is 6.42 Å². The van der Waals surface area contributed by atoms with E-state index in [2.05, 4.69) is 5.32 Å². The van der Waals surface area contributed by atoms with Crippen molar-refractivity contribution in [2.45, 2.75) is 11.3 Å². The molecule has 3 N–H and O–H groups in total. The highest BCUT2D eigenvalue weighted by molar-refractivity contribution is 7.99. The van der Waals surface area contributed by atoms with Gasteiger partial charge in [-0.05, 0) is 30.3 Å². The van der Waals surface area contributed by atoms with Gasteiger partial charge in [-0.15, -0.1) is 11.8 Å². The lowest BCUT2D eigenvalue weighted by Crippen LogP contribution is -2.12. The number of carbonyl (C=O) groups excluding carboxylic acids is 1. The third-order valence-electron chi connectivity index (χ3n) is 2.70. The number of benzene rings is 2. The number of rotatable bonds is 5. The predicted molar refractivity (Wildman–Crippen MR) is 86.2 cm³/mol. The van der Waals surface area contributed by atoms with Crippen LogP contribution in [-0.2, 0) is 4.79 Å². The second-order valence-corrected chi connectivity index (χ2v) is 5.86. The van der Waals surface area contributed by atoms with E-state index in [0.717, 1.165) is 0 Å². The van der Waals surface area contributed by atoms with Crippen LogP contribution in [0.5, 0.6) is 0 Å². The van der Waals surface area contributed by atoms with Crippen molar-refractivity contribution < 1.29 is 9.18 Å². The minimum atomic E-state index is -0.270. The summed E-state index contributed by atoms with van der Waals surface area (Å²) in [6.07, 6.45) is 0.279. The van der Waals surface area contributed by atoms with E-state index in [1.165, 1.54) is 17.8 Å². The number of anilines is 2. The van der Waals surface area contributed by atoms with E-state index >= 15 is 0 Å². The van der Waals surface area contributed by atoms with Crippen LogP contribution in [-0.4, -0.2) is 11.7 Å². The van der Waals surface area contributed by atoms with Crippen molar-refractivity contribution in [3.63, 3.8) is 0 Å². The highest BCUT2D eigenvalue weighted by Crippen LogP contribution is 2.24. The van der Waals surface area contributed by atoms with E-state index in [1.54, 1.807) is 36.4 Å². The van der Waals surface area contributed by atoms with Gasteiger partial charge in [0.2, 0.25) is 5.91 Å². The van der Waals surface area contributed by atoms with Crippen LogP contribution in [0.15, 0.2) is 47.4 Å². The SMILES string of the molecule is Nc1cc(NC(=O)CCSc2ccccc2F)ccc1Cl. The first-order valence-electron chi connectivity index (χ1n) is 6.28. The predicted octanol–water partition coefficient (Wildman–Crippen LogP) is 4.18. The van der Waals surface area contributed by atoms with Crippen LogP contribution >= 0.6 is 23.4 Å². The van der Waals surface area contributed by atoms with E-state index in [0.29, 0.717) is 27.0 Å². The third-order valence-corrected chi connectivity index (χ3v) is 4.10. The molecule has 0 bridgehead atoms. The zero-order valence-corrected chi connectivity index (χ0v) is 12.7. The first-order chi connectivity index (χ1) is 10.1. The molecule has 6 heteroatoms.